The number of Topliss-reactive ketones (excluding diaryl/α,β-unsaturated/α-hetero) is 1. The van der Waals surface area contributed by atoms with Crippen LogP contribution in [0.3, 0.4) is 0 Å². The van der Waals surface area contributed by atoms with Crippen molar-refractivity contribution in [3.63, 3.8) is 0 Å². The van der Waals surface area contributed by atoms with Crippen LogP contribution in [0.2, 0.25) is 0 Å². The van der Waals surface area contributed by atoms with Crippen molar-refractivity contribution in [2.24, 2.45) is 10.8 Å². The van der Waals surface area contributed by atoms with Crippen LogP contribution in [0.4, 0.5) is 0 Å². The van der Waals surface area contributed by atoms with Crippen molar-refractivity contribution in [1.82, 2.24) is 0 Å². The molecule has 152 valence electrons. The number of rotatable bonds is 1. The topological polar surface area (TPSA) is 17.1 Å². The Balaban J connectivity index is 1.98. The third-order valence-corrected chi connectivity index (χ3v) is 6.71. The Hall–Kier alpha value is -1.11. The van der Waals surface area contributed by atoms with E-state index in [1.807, 2.05) is 0 Å². The summed E-state index contributed by atoms with van der Waals surface area (Å²) in [6.45, 7) is 8.69. The lowest BCUT2D eigenvalue weighted by Gasteiger charge is -2.33. The zero-order valence-corrected chi connectivity index (χ0v) is 18.4. The number of carbonyl (C=O) groups is 1. The number of ketones is 1. The SMILES string of the molecule is CC1(C)CCCCCCC(c2ccccc2)CCCCCCC(C)(C)C1=O. The molecule has 1 saturated carbocycles. The normalized spacial score (nSPS) is 23.8. The molecule has 1 aromatic carbocycles. The second-order valence-electron chi connectivity index (χ2n) is 10.1. The van der Waals surface area contributed by atoms with Gasteiger partial charge in [0.2, 0.25) is 0 Å². The zero-order chi connectivity index (χ0) is 19.8. The minimum Gasteiger partial charge on any atom is -0.299 e. The smallest absolute Gasteiger partial charge is 0.144 e. The standard InChI is InChI=1S/C26H42O/c1-25(2)20-14-7-5-10-16-22(23-18-12-9-13-19-23)17-11-6-8-15-21-26(3,4)24(25)27/h9,12-13,18-19,22H,5-8,10-11,14-17,20-21H2,1-4H3. The average molecular weight is 371 g/mol. The van der Waals surface area contributed by atoms with Gasteiger partial charge in [0.15, 0.2) is 0 Å². The van der Waals surface area contributed by atoms with Gasteiger partial charge >= 0.3 is 0 Å². The molecule has 0 aromatic heterocycles. The maximum atomic E-state index is 13.1. The van der Waals surface area contributed by atoms with E-state index < -0.39 is 0 Å². The van der Waals surface area contributed by atoms with Crippen LogP contribution in [0.15, 0.2) is 30.3 Å². The van der Waals surface area contributed by atoms with Gasteiger partial charge in [-0.25, -0.2) is 0 Å². The van der Waals surface area contributed by atoms with E-state index >= 15 is 0 Å². The van der Waals surface area contributed by atoms with Gasteiger partial charge in [0.25, 0.3) is 0 Å². The zero-order valence-electron chi connectivity index (χ0n) is 18.4. The van der Waals surface area contributed by atoms with E-state index in [4.69, 9.17) is 0 Å². The van der Waals surface area contributed by atoms with Crippen molar-refractivity contribution >= 4 is 5.78 Å². The lowest BCUT2D eigenvalue weighted by molar-refractivity contribution is -0.136. The van der Waals surface area contributed by atoms with E-state index in [9.17, 15) is 4.79 Å². The van der Waals surface area contributed by atoms with Crippen LogP contribution in [-0.2, 0) is 4.79 Å². The Kier molecular flexibility index (Phi) is 8.58. The fourth-order valence-corrected chi connectivity index (χ4v) is 4.97. The summed E-state index contributed by atoms with van der Waals surface area (Å²) >= 11 is 0. The Morgan fingerprint density at radius 3 is 1.59 bits per heavy atom. The van der Waals surface area contributed by atoms with Crippen molar-refractivity contribution in [3.05, 3.63) is 35.9 Å². The van der Waals surface area contributed by atoms with Crippen LogP contribution < -0.4 is 0 Å². The minimum absolute atomic E-state index is 0.173. The van der Waals surface area contributed by atoms with Crippen molar-refractivity contribution in [3.8, 4) is 0 Å². The van der Waals surface area contributed by atoms with Crippen LogP contribution in [0.1, 0.15) is 116 Å². The molecule has 0 N–H and O–H groups in total. The molecule has 1 aromatic rings. The number of carbonyl (C=O) groups excluding carboxylic acids is 1. The van der Waals surface area contributed by atoms with E-state index in [-0.39, 0.29) is 10.8 Å². The molecule has 0 spiro atoms. The van der Waals surface area contributed by atoms with Gasteiger partial charge in [-0.15, -0.1) is 0 Å². The van der Waals surface area contributed by atoms with Gasteiger partial charge in [-0.3, -0.25) is 4.79 Å². The summed E-state index contributed by atoms with van der Waals surface area (Å²) in [6.07, 6.45) is 14.9. The van der Waals surface area contributed by atoms with E-state index in [1.165, 1.54) is 69.8 Å². The molecule has 1 aliphatic rings. The maximum absolute atomic E-state index is 13.1. The van der Waals surface area contributed by atoms with Crippen LogP contribution in [-0.4, -0.2) is 5.78 Å². The Morgan fingerprint density at radius 1 is 0.667 bits per heavy atom. The van der Waals surface area contributed by atoms with Crippen molar-refractivity contribution in [2.45, 2.75) is 111 Å². The summed E-state index contributed by atoms with van der Waals surface area (Å²) in [5, 5.41) is 0. The predicted molar refractivity (Wildman–Crippen MR) is 117 cm³/mol. The summed E-state index contributed by atoms with van der Waals surface area (Å²) in [6, 6.07) is 11.1. The van der Waals surface area contributed by atoms with Crippen LogP contribution in [0.5, 0.6) is 0 Å². The maximum Gasteiger partial charge on any atom is 0.144 e. The average Bonchev–Trinajstić information content (AvgIpc) is 2.64. The first kappa shape index (κ1) is 22.2. The Morgan fingerprint density at radius 2 is 1.11 bits per heavy atom. The van der Waals surface area contributed by atoms with Crippen LogP contribution >= 0.6 is 0 Å². The highest BCUT2D eigenvalue weighted by molar-refractivity contribution is 5.89. The van der Waals surface area contributed by atoms with Crippen molar-refractivity contribution in [1.29, 1.82) is 0 Å². The number of hydrogen-bond acceptors (Lipinski definition) is 1. The second-order valence-corrected chi connectivity index (χ2v) is 10.1. The molecule has 0 saturated heterocycles. The summed E-state index contributed by atoms with van der Waals surface area (Å²) < 4.78 is 0. The predicted octanol–water partition coefficient (Wildman–Crippen LogP) is 8.09. The molecule has 0 heterocycles. The van der Waals surface area contributed by atoms with Gasteiger partial charge in [-0.2, -0.15) is 0 Å². The molecule has 27 heavy (non-hydrogen) atoms. The summed E-state index contributed by atoms with van der Waals surface area (Å²) in [4.78, 5) is 13.1. The van der Waals surface area contributed by atoms with Gasteiger partial charge < -0.3 is 0 Å². The molecule has 1 fully saturated rings. The van der Waals surface area contributed by atoms with Crippen molar-refractivity contribution < 1.29 is 4.79 Å². The minimum atomic E-state index is -0.173. The fourth-order valence-electron chi connectivity index (χ4n) is 4.97. The highest BCUT2D eigenvalue weighted by atomic mass is 16.1. The van der Waals surface area contributed by atoms with E-state index in [1.54, 1.807) is 0 Å². The van der Waals surface area contributed by atoms with Gasteiger partial charge in [0, 0.05) is 10.8 Å². The molecule has 0 amide bonds. The molecule has 1 aliphatic carbocycles. The third kappa shape index (κ3) is 7.09. The largest absolute Gasteiger partial charge is 0.299 e. The molecule has 1 heteroatoms. The number of benzene rings is 1. The molecular formula is C26H42O. The molecule has 0 bridgehead atoms. The van der Waals surface area contributed by atoms with Gasteiger partial charge in [-0.1, -0.05) is 109 Å². The first-order chi connectivity index (χ1) is 12.8. The Bertz CT molecular complexity index is 525. The summed E-state index contributed by atoms with van der Waals surface area (Å²) in [7, 11) is 0. The highest BCUT2D eigenvalue weighted by Crippen LogP contribution is 2.38. The third-order valence-electron chi connectivity index (χ3n) is 6.71. The lowest BCUT2D eigenvalue weighted by Crippen LogP contribution is -2.37. The molecule has 0 unspecified atom stereocenters. The second kappa shape index (κ2) is 10.4. The lowest BCUT2D eigenvalue weighted by atomic mass is 9.69. The van der Waals surface area contributed by atoms with E-state index in [0.717, 1.165) is 18.8 Å². The van der Waals surface area contributed by atoms with Crippen molar-refractivity contribution in [2.75, 3.05) is 0 Å². The monoisotopic (exact) mass is 370 g/mol. The summed E-state index contributed by atoms with van der Waals surface area (Å²) in [5.41, 5.74) is 1.19. The first-order valence-corrected chi connectivity index (χ1v) is 11.4. The highest BCUT2D eigenvalue weighted by Gasteiger charge is 2.38. The molecule has 1 nitrogen and oxygen atoms in total. The molecule has 0 aliphatic heterocycles. The fraction of sp³-hybridized carbons (Fsp3) is 0.731. The van der Waals surface area contributed by atoms with Gasteiger partial charge in [0.1, 0.15) is 5.78 Å². The van der Waals surface area contributed by atoms with E-state index in [0.29, 0.717) is 5.78 Å². The summed E-state index contributed by atoms with van der Waals surface area (Å²) in [5.74, 6) is 1.21. The van der Waals surface area contributed by atoms with Gasteiger partial charge in [-0.05, 0) is 37.2 Å². The molecule has 0 radical (unpaired) electrons. The molecule has 2 rings (SSSR count). The van der Waals surface area contributed by atoms with Crippen LogP contribution in [0.25, 0.3) is 0 Å². The molecule has 0 atom stereocenters. The van der Waals surface area contributed by atoms with E-state index in [2.05, 4.69) is 58.0 Å². The van der Waals surface area contributed by atoms with Crippen LogP contribution in [0, 0.1) is 10.8 Å². The first-order valence-electron chi connectivity index (χ1n) is 11.4. The van der Waals surface area contributed by atoms with Gasteiger partial charge in [0.05, 0.1) is 0 Å². The Labute approximate surface area is 168 Å². The molecular weight excluding hydrogens is 328 g/mol. The number of hydrogen-bond donors (Lipinski definition) is 0. The quantitative estimate of drug-likeness (QED) is 0.488.